The Kier molecular flexibility index (Phi) is 9.41. The molecule has 2 aromatic carbocycles. The van der Waals surface area contributed by atoms with Crippen LogP contribution in [-0.2, 0) is 21.2 Å². The summed E-state index contributed by atoms with van der Waals surface area (Å²) >= 11 is 0. The SMILES string of the molecule is CN(CCCC(=O)N1CCCN(CCCc2ccccc2)CC1)S(=O)(=O)c1ccc(F)cc1. The highest BCUT2D eigenvalue weighted by Gasteiger charge is 2.22. The topological polar surface area (TPSA) is 60.9 Å². The van der Waals surface area contributed by atoms with Crippen molar-refractivity contribution in [3.63, 3.8) is 0 Å². The Labute approximate surface area is 197 Å². The van der Waals surface area contributed by atoms with Crippen molar-refractivity contribution in [1.82, 2.24) is 14.1 Å². The van der Waals surface area contributed by atoms with Crippen LogP contribution in [0.2, 0.25) is 0 Å². The number of hydrogen-bond acceptors (Lipinski definition) is 4. The van der Waals surface area contributed by atoms with Gasteiger partial charge in [0.1, 0.15) is 5.82 Å². The average molecular weight is 476 g/mol. The van der Waals surface area contributed by atoms with Crippen molar-refractivity contribution < 1.29 is 17.6 Å². The molecule has 0 atom stereocenters. The first kappa shape index (κ1) is 25.3. The zero-order chi connectivity index (χ0) is 23.7. The van der Waals surface area contributed by atoms with Gasteiger partial charge in [-0.15, -0.1) is 0 Å². The maximum Gasteiger partial charge on any atom is 0.242 e. The van der Waals surface area contributed by atoms with Crippen molar-refractivity contribution in [3.05, 3.63) is 66.0 Å². The Hall–Kier alpha value is -2.29. The molecule has 33 heavy (non-hydrogen) atoms. The van der Waals surface area contributed by atoms with Gasteiger partial charge in [-0.2, -0.15) is 0 Å². The van der Waals surface area contributed by atoms with Crippen LogP contribution in [0.25, 0.3) is 0 Å². The Morgan fingerprint density at radius 1 is 0.970 bits per heavy atom. The standard InChI is InChI=1S/C25H34FN3O3S/c1-27(33(31,32)24-14-12-23(26)13-15-24)16-6-11-25(30)29-19-7-18-28(20-21-29)17-5-10-22-8-3-2-4-9-22/h2-4,8-9,12-15H,5-7,10-11,16-21H2,1H3. The predicted molar refractivity (Wildman–Crippen MR) is 128 cm³/mol. The molecule has 8 heteroatoms. The summed E-state index contributed by atoms with van der Waals surface area (Å²) in [5.74, 6) is -0.400. The Balaban J connectivity index is 1.38. The number of benzene rings is 2. The molecule has 0 saturated carbocycles. The molecule has 0 N–H and O–H groups in total. The van der Waals surface area contributed by atoms with Gasteiger partial charge in [0.25, 0.3) is 0 Å². The number of aryl methyl sites for hydroxylation is 1. The number of carbonyl (C=O) groups excluding carboxylic acids is 1. The number of sulfonamides is 1. The number of carbonyl (C=O) groups is 1. The number of rotatable bonds is 10. The van der Waals surface area contributed by atoms with E-state index in [4.69, 9.17) is 0 Å². The number of halogens is 1. The lowest BCUT2D eigenvalue weighted by molar-refractivity contribution is -0.131. The van der Waals surface area contributed by atoms with Gasteiger partial charge in [-0.1, -0.05) is 30.3 Å². The minimum atomic E-state index is -3.69. The van der Waals surface area contributed by atoms with E-state index >= 15 is 0 Å². The van der Waals surface area contributed by atoms with Crippen LogP contribution < -0.4 is 0 Å². The zero-order valence-corrected chi connectivity index (χ0v) is 20.1. The van der Waals surface area contributed by atoms with Crippen molar-refractivity contribution >= 4 is 15.9 Å². The monoisotopic (exact) mass is 475 g/mol. The van der Waals surface area contributed by atoms with Crippen molar-refractivity contribution in [2.75, 3.05) is 46.3 Å². The van der Waals surface area contributed by atoms with Crippen LogP contribution >= 0.6 is 0 Å². The fourth-order valence-corrected chi connectivity index (χ4v) is 5.32. The molecule has 1 aliphatic rings. The van der Waals surface area contributed by atoms with Crippen molar-refractivity contribution in [2.24, 2.45) is 0 Å². The summed E-state index contributed by atoms with van der Waals surface area (Å²) in [5.41, 5.74) is 1.36. The van der Waals surface area contributed by atoms with Crippen LogP contribution in [0.15, 0.2) is 59.5 Å². The molecule has 1 saturated heterocycles. The van der Waals surface area contributed by atoms with Crippen molar-refractivity contribution in [2.45, 2.75) is 37.0 Å². The summed E-state index contributed by atoms with van der Waals surface area (Å²) in [6.07, 6.45) is 3.89. The highest BCUT2D eigenvalue weighted by Crippen LogP contribution is 2.16. The third-order valence-electron chi connectivity index (χ3n) is 6.11. The third-order valence-corrected chi connectivity index (χ3v) is 7.98. The van der Waals surface area contributed by atoms with Gasteiger partial charge in [0.15, 0.2) is 0 Å². The molecule has 1 amide bonds. The van der Waals surface area contributed by atoms with Gasteiger partial charge in [-0.25, -0.2) is 17.1 Å². The lowest BCUT2D eigenvalue weighted by Gasteiger charge is -2.23. The Bertz CT molecular complexity index is 984. The Morgan fingerprint density at radius 2 is 1.70 bits per heavy atom. The lowest BCUT2D eigenvalue weighted by Crippen LogP contribution is -2.36. The van der Waals surface area contributed by atoms with Gasteiger partial charge < -0.3 is 9.80 Å². The second-order valence-electron chi connectivity index (χ2n) is 8.55. The summed E-state index contributed by atoms with van der Waals surface area (Å²) in [6.45, 7) is 4.61. The van der Waals surface area contributed by atoms with Crippen LogP contribution in [0, 0.1) is 5.82 Å². The summed E-state index contributed by atoms with van der Waals surface area (Å²) in [6, 6.07) is 15.3. The molecule has 1 heterocycles. The number of hydrogen-bond donors (Lipinski definition) is 0. The first-order valence-corrected chi connectivity index (χ1v) is 13.1. The smallest absolute Gasteiger partial charge is 0.242 e. The molecule has 3 rings (SSSR count). The fraction of sp³-hybridized carbons (Fsp3) is 0.480. The summed E-state index contributed by atoms with van der Waals surface area (Å²) in [5, 5.41) is 0. The summed E-state index contributed by atoms with van der Waals surface area (Å²) < 4.78 is 39.5. The molecule has 2 aromatic rings. The van der Waals surface area contributed by atoms with E-state index in [-0.39, 0.29) is 17.3 Å². The highest BCUT2D eigenvalue weighted by molar-refractivity contribution is 7.89. The second-order valence-corrected chi connectivity index (χ2v) is 10.6. The van der Waals surface area contributed by atoms with Gasteiger partial charge in [-0.05, 0) is 68.6 Å². The molecule has 6 nitrogen and oxygen atoms in total. The average Bonchev–Trinajstić information content (AvgIpc) is 3.06. The van der Waals surface area contributed by atoms with Crippen LogP contribution in [0.3, 0.4) is 0 Å². The largest absolute Gasteiger partial charge is 0.341 e. The van der Waals surface area contributed by atoms with E-state index in [2.05, 4.69) is 29.2 Å². The molecule has 0 spiro atoms. The third kappa shape index (κ3) is 7.62. The van der Waals surface area contributed by atoms with E-state index in [1.54, 1.807) is 0 Å². The minimum Gasteiger partial charge on any atom is -0.341 e. The quantitative estimate of drug-likeness (QED) is 0.529. The molecule has 1 aliphatic heterocycles. The second kappa shape index (κ2) is 12.3. The van der Waals surface area contributed by atoms with E-state index < -0.39 is 15.8 Å². The maximum atomic E-state index is 13.1. The first-order valence-electron chi connectivity index (χ1n) is 11.6. The van der Waals surface area contributed by atoms with Crippen LogP contribution in [-0.4, -0.2) is 74.7 Å². The molecule has 0 bridgehead atoms. The summed E-state index contributed by atoms with van der Waals surface area (Å²) in [7, 11) is -2.20. The summed E-state index contributed by atoms with van der Waals surface area (Å²) in [4.78, 5) is 17.1. The van der Waals surface area contributed by atoms with Crippen LogP contribution in [0.1, 0.15) is 31.2 Å². The normalized spacial score (nSPS) is 15.5. The fourth-order valence-electron chi connectivity index (χ4n) is 4.11. The van der Waals surface area contributed by atoms with E-state index in [9.17, 15) is 17.6 Å². The molecular formula is C25H34FN3O3S. The van der Waals surface area contributed by atoms with Gasteiger partial charge in [0, 0.05) is 39.6 Å². The molecule has 180 valence electrons. The van der Waals surface area contributed by atoms with Gasteiger partial charge in [0.05, 0.1) is 4.90 Å². The molecule has 0 unspecified atom stereocenters. The van der Waals surface area contributed by atoms with E-state index in [0.29, 0.717) is 19.4 Å². The van der Waals surface area contributed by atoms with Crippen molar-refractivity contribution in [1.29, 1.82) is 0 Å². The maximum absolute atomic E-state index is 13.1. The van der Waals surface area contributed by atoms with Crippen LogP contribution in [0.4, 0.5) is 4.39 Å². The van der Waals surface area contributed by atoms with Crippen molar-refractivity contribution in [3.8, 4) is 0 Å². The molecule has 0 radical (unpaired) electrons. The van der Waals surface area contributed by atoms with E-state index in [1.807, 2.05) is 11.0 Å². The van der Waals surface area contributed by atoms with Gasteiger partial charge >= 0.3 is 0 Å². The predicted octanol–water partition coefficient (Wildman–Crippen LogP) is 3.39. The Morgan fingerprint density at radius 3 is 2.42 bits per heavy atom. The number of nitrogens with zero attached hydrogens (tertiary/aromatic N) is 3. The van der Waals surface area contributed by atoms with Gasteiger partial charge in [-0.3, -0.25) is 4.79 Å². The van der Waals surface area contributed by atoms with Gasteiger partial charge in [0.2, 0.25) is 15.9 Å². The van der Waals surface area contributed by atoms with E-state index in [1.165, 1.54) is 29.0 Å². The molecule has 0 aromatic heterocycles. The number of amides is 1. The molecular weight excluding hydrogens is 441 g/mol. The lowest BCUT2D eigenvalue weighted by atomic mass is 10.1. The van der Waals surface area contributed by atoms with E-state index in [0.717, 1.165) is 57.6 Å². The minimum absolute atomic E-state index is 0.0533. The molecule has 1 fully saturated rings. The van der Waals surface area contributed by atoms with Crippen LogP contribution in [0.5, 0.6) is 0 Å². The first-order chi connectivity index (χ1) is 15.9. The molecule has 0 aliphatic carbocycles. The highest BCUT2D eigenvalue weighted by atomic mass is 32.2. The zero-order valence-electron chi connectivity index (χ0n) is 19.3.